The first kappa shape index (κ1) is 17.4. The van der Waals surface area contributed by atoms with Crippen molar-refractivity contribution in [3.63, 3.8) is 0 Å². The zero-order valence-electron chi connectivity index (χ0n) is 13.7. The largest absolute Gasteiger partial charge is 0.478 e. The van der Waals surface area contributed by atoms with Crippen LogP contribution in [0.5, 0.6) is 0 Å². The minimum Gasteiger partial charge on any atom is -0.478 e. The fourth-order valence-corrected chi connectivity index (χ4v) is 5.38. The fraction of sp³-hybridized carbons (Fsp3) is 0.588. The minimum absolute atomic E-state index is 0.244. The molecular weight excluding hydrogens is 328 g/mol. The van der Waals surface area contributed by atoms with Crippen molar-refractivity contribution in [1.29, 1.82) is 0 Å². The molecule has 2 aliphatic heterocycles. The van der Waals surface area contributed by atoms with Gasteiger partial charge in [0.2, 0.25) is 0 Å². The van der Waals surface area contributed by atoms with Crippen molar-refractivity contribution in [1.82, 2.24) is 8.61 Å². The van der Waals surface area contributed by atoms with Gasteiger partial charge in [0.1, 0.15) is 0 Å². The number of hydrogen-bond acceptors (Lipinski definition) is 3. The fourth-order valence-electron chi connectivity index (χ4n) is 3.60. The SMILES string of the molecule is O=C(O)c1cccc(C[C@H]2CCN(S(=O)(=O)N3CCCCC3)C2)c1. The van der Waals surface area contributed by atoms with Gasteiger partial charge >= 0.3 is 5.97 Å². The van der Waals surface area contributed by atoms with E-state index in [0.29, 0.717) is 32.6 Å². The molecule has 2 saturated heterocycles. The molecule has 132 valence electrons. The molecule has 1 aromatic carbocycles. The van der Waals surface area contributed by atoms with Crippen LogP contribution in [0.2, 0.25) is 0 Å². The van der Waals surface area contributed by atoms with Crippen LogP contribution in [0, 0.1) is 5.92 Å². The smallest absolute Gasteiger partial charge is 0.335 e. The van der Waals surface area contributed by atoms with Gasteiger partial charge in [0.15, 0.2) is 0 Å². The zero-order valence-corrected chi connectivity index (χ0v) is 14.5. The summed E-state index contributed by atoms with van der Waals surface area (Å²) in [6.45, 7) is 2.34. The average molecular weight is 352 g/mol. The molecule has 1 N–H and O–H groups in total. The molecule has 0 saturated carbocycles. The summed E-state index contributed by atoms with van der Waals surface area (Å²) in [5, 5.41) is 9.07. The Morgan fingerprint density at radius 2 is 1.88 bits per heavy atom. The molecule has 2 heterocycles. The van der Waals surface area contributed by atoms with Gasteiger partial charge < -0.3 is 5.11 Å². The summed E-state index contributed by atoms with van der Waals surface area (Å²) >= 11 is 0. The highest BCUT2D eigenvalue weighted by atomic mass is 32.2. The van der Waals surface area contributed by atoms with E-state index in [1.165, 1.54) is 0 Å². The van der Waals surface area contributed by atoms with E-state index in [2.05, 4.69) is 0 Å². The molecule has 24 heavy (non-hydrogen) atoms. The Morgan fingerprint density at radius 3 is 2.58 bits per heavy atom. The lowest BCUT2D eigenvalue weighted by Gasteiger charge is -2.30. The summed E-state index contributed by atoms with van der Waals surface area (Å²) < 4.78 is 28.6. The van der Waals surface area contributed by atoms with E-state index >= 15 is 0 Å². The van der Waals surface area contributed by atoms with Crippen LogP contribution in [-0.4, -0.2) is 54.3 Å². The van der Waals surface area contributed by atoms with E-state index in [9.17, 15) is 13.2 Å². The van der Waals surface area contributed by atoms with Crippen LogP contribution in [0.25, 0.3) is 0 Å². The Hall–Kier alpha value is -1.44. The van der Waals surface area contributed by atoms with Crippen LogP contribution in [-0.2, 0) is 16.6 Å². The lowest BCUT2D eigenvalue weighted by Crippen LogP contribution is -2.45. The Morgan fingerprint density at radius 1 is 1.12 bits per heavy atom. The lowest BCUT2D eigenvalue weighted by molar-refractivity contribution is 0.0696. The first-order valence-electron chi connectivity index (χ1n) is 8.54. The number of carboxylic acid groups (broad SMARTS) is 1. The predicted molar refractivity (Wildman–Crippen MR) is 91.1 cm³/mol. The van der Waals surface area contributed by atoms with Gasteiger partial charge in [-0.2, -0.15) is 17.0 Å². The molecule has 3 rings (SSSR count). The molecule has 0 spiro atoms. The second kappa shape index (κ2) is 7.21. The van der Waals surface area contributed by atoms with E-state index < -0.39 is 16.2 Å². The second-order valence-corrected chi connectivity index (χ2v) is 8.62. The van der Waals surface area contributed by atoms with Crippen LogP contribution < -0.4 is 0 Å². The summed E-state index contributed by atoms with van der Waals surface area (Å²) in [6.07, 6.45) is 4.53. The molecule has 0 aromatic heterocycles. The molecule has 0 bridgehead atoms. The predicted octanol–water partition coefficient (Wildman–Crippen LogP) is 1.98. The summed E-state index contributed by atoms with van der Waals surface area (Å²) in [7, 11) is -3.34. The Bertz CT molecular complexity index is 698. The number of carboxylic acids is 1. The zero-order chi connectivity index (χ0) is 17.2. The van der Waals surface area contributed by atoms with Gasteiger partial charge in [-0.3, -0.25) is 0 Å². The topological polar surface area (TPSA) is 77.9 Å². The van der Waals surface area contributed by atoms with E-state index in [4.69, 9.17) is 5.11 Å². The quantitative estimate of drug-likeness (QED) is 0.879. The van der Waals surface area contributed by atoms with Gasteiger partial charge in [-0.05, 0) is 49.3 Å². The van der Waals surface area contributed by atoms with Gasteiger partial charge in [0, 0.05) is 26.2 Å². The van der Waals surface area contributed by atoms with Crippen molar-refractivity contribution < 1.29 is 18.3 Å². The number of benzene rings is 1. The summed E-state index contributed by atoms with van der Waals surface area (Å²) in [5.41, 5.74) is 1.24. The molecule has 0 unspecified atom stereocenters. The molecule has 0 aliphatic carbocycles. The first-order chi connectivity index (χ1) is 11.5. The van der Waals surface area contributed by atoms with Crippen molar-refractivity contribution in [2.24, 2.45) is 5.92 Å². The number of aromatic carboxylic acids is 1. The normalized spacial score (nSPS) is 23.4. The van der Waals surface area contributed by atoms with Crippen LogP contribution in [0.4, 0.5) is 0 Å². The maximum absolute atomic E-state index is 12.7. The monoisotopic (exact) mass is 352 g/mol. The summed E-state index contributed by atoms with van der Waals surface area (Å²) in [4.78, 5) is 11.1. The molecule has 0 amide bonds. The van der Waals surface area contributed by atoms with Crippen molar-refractivity contribution in [2.45, 2.75) is 32.1 Å². The standard InChI is InChI=1S/C17H24N2O4S/c20-17(21)16-6-4-5-14(12-16)11-15-7-10-19(13-15)24(22,23)18-8-2-1-3-9-18/h4-6,12,15H,1-3,7-11,13H2,(H,20,21)/t15-/m1/s1. The molecule has 1 aromatic rings. The minimum atomic E-state index is -3.34. The van der Waals surface area contributed by atoms with Crippen molar-refractivity contribution in [3.05, 3.63) is 35.4 Å². The van der Waals surface area contributed by atoms with Crippen LogP contribution in [0.15, 0.2) is 24.3 Å². The van der Waals surface area contributed by atoms with Gasteiger partial charge in [-0.1, -0.05) is 18.6 Å². The maximum Gasteiger partial charge on any atom is 0.335 e. The molecule has 6 nitrogen and oxygen atoms in total. The molecule has 0 radical (unpaired) electrons. The molecule has 2 fully saturated rings. The number of piperidine rings is 1. The van der Waals surface area contributed by atoms with Gasteiger partial charge in [-0.25, -0.2) is 4.79 Å². The molecule has 2 aliphatic rings. The highest BCUT2D eigenvalue weighted by Crippen LogP contribution is 2.26. The highest BCUT2D eigenvalue weighted by molar-refractivity contribution is 7.86. The van der Waals surface area contributed by atoms with E-state index in [1.807, 2.05) is 6.07 Å². The van der Waals surface area contributed by atoms with Crippen molar-refractivity contribution in [2.75, 3.05) is 26.2 Å². The third kappa shape index (κ3) is 3.79. The lowest BCUT2D eigenvalue weighted by atomic mass is 9.97. The molecule has 1 atom stereocenters. The number of rotatable bonds is 5. The Balaban J connectivity index is 1.63. The van der Waals surface area contributed by atoms with Crippen LogP contribution in [0.1, 0.15) is 41.6 Å². The number of hydrogen-bond donors (Lipinski definition) is 1. The second-order valence-electron chi connectivity index (χ2n) is 6.69. The number of nitrogens with zero attached hydrogens (tertiary/aromatic N) is 2. The molecular formula is C17H24N2O4S. The van der Waals surface area contributed by atoms with Crippen LogP contribution in [0.3, 0.4) is 0 Å². The Labute approximate surface area is 143 Å². The van der Waals surface area contributed by atoms with Crippen molar-refractivity contribution >= 4 is 16.2 Å². The third-order valence-corrected chi connectivity index (χ3v) is 6.92. The van der Waals surface area contributed by atoms with Gasteiger partial charge in [0.05, 0.1) is 5.56 Å². The first-order valence-corrected chi connectivity index (χ1v) is 9.94. The summed E-state index contributed by atoms with van der Waals surface area (Å²) in [6, 6.07) is 6.92. The summed E-state index contributed by atoms with van der Waals surface area (Å²) in [5.74, 6) is -0.689. The molecule has 7 heteroatoms. The average Bonchev–Trinajstić information content (AvgIpc) is 3.05. The van der Waals surface area contributed by atoms with Crippen LogP contribution >= 0.6 is 0 Å². The van der Waals surface area contributed by atoms with Crippen molar-refractivity contribution in [3.8, 4) is 0 Å². The number of carbonyl (C=O) groups is 1. The third-order valence-electron chi connectivity index (χ3n) is 4.91. The van der Waals surface area contributed by atoms with E-state index in [-0.39, 0.29) is 11.5 Å². The van der Waals surface area contributed by atoms with E-state index in [1.54, 1.807) is 26.8 Å². The van der Waals surface area contributed by atoms with Gasteiger partial charge in [0.25, 0.3) is 10.2 Å². The van der Waals surface area contributed by atoms with E-state index in [0.717, 1.165) is 31.2 Å². The maximum atomic E-state index is 12.7. The Kier molecular flexibility index (Phi) is 5.22. The van der Waals surface area contributed by atoms with Gasteiger partial charge in [-0.15, -0.1) is 0 Å². The highest BCUT2D eigenvalue weighted by Gasteiger charge is 2.35.